The molecule has 2 rings (SSSR count). The molecule has 1 aromatic heterocycles. The summed E-state index contributed by atoms with van der Waals surface area (Å²) >= 11 is 3.29. The molecule has 0 unspecified atom stereocenters. The molecule has 1 heterocycles. The van der Waals surface area contributed by atoms with Crippen LogP contribution in [-0.2, 0) is 0 Å². The number of nitrogens with zero attached hydrogens (tertiary/aromatic N) is 1. The van der Waals surface area contributed by atoms with E-state index in [1.165, 1.54) is 0 Å². The fourth-order valence-corrected chi connectivity index (χ4v) is 1.26. The average molecular weight is 303 g/mol. The minimum atomic E-state index is 0. The van der Waals surface area contributed by atoms with Crippen LogP contribution < -0.4 is 0 Å². The Balaban J connectivity index is 0.000000283. The monoisotopic (exact) mass is 301 g/mol. The van der Waals surface area contributed by atoms with Gasteiger partial charge in [0, 0.05) is 22.4 Å². The van der Waals surface area contributed by atoms with Gasteiger partial charge < -0.3 is 5.11 Å². The molecule has 0 amide bonds. The van der Waals surface area contributed by atoms with E-state index in [1.54, 1.807) is 24.5 Å². The van der Waals surface area contributed by atoms with Gasteiger partial charge in [0.2, 0.25) is 0 Å². The second-order valence-electron chi connectivity index (χ2n) is 2.91. The minimum Gasteiger partial charge on any atom is -0.508 e. The molecule has 16 heavy (non-hydrogen) atoms. The molecule has 2 nitrogen and oxygen atoms in total. The van der Waals surface area contributed by atoms with E-state index in [-0.39, 0.29) is 12.4 Å². The molecule has 1 N–H and O–H groups in total. The van der Waals surface area contributed by atoms with Crippen LogP contribution in [0.3, 0.4) is 0 Å². The van der Waals surface area contributed by atoms with E-state index in [0.717, 1.165) is 10.0 Å². The lowest BCUT2D eigenvalue weighted by atomic mass is 10.2. The lowest BCUT2D eigenvalue weighted by Gasteiger charge is -1.97. The predicted molar refractivity (Wildman–Crippen MR) is 72.0 cm³/mol. The van der Waals surface area contributed by atoms with E-state index in [0.29, 0.717) is 5.75 Å². The summed E-state index contributed by atoms with van der Waals surface area (Å²) in [5, 5.41) is 9.07. The van der Waals surface area contributed by atoms with Crippen molar-refractivity contribution < 1.29 is 5.11 Å². The van der Waals surface area contributed by atoms with Crippen LogP contribution in [0.25, 0.3) is 0 Å². The summed E-state index contributed by atoms with van der Waals surface area (Å²) in [5.74, 6) is 0.337. The summed E-state index contributed by atoms with van der Waals surface area (Å²) in [6.07, 6.45) is 3.50. The van der Waals surface area contributed by atoms with E-state index in [2.05, 4.69) is 20.9 Å². The Morgan fingerprint density at radius 1 is 1.06 bits per heavy atom. The van der Waals surface area contributed by atoms with Crippen LogP contribution in [0.15, 0.2) is 53.3 Å². The van der Waals surface area contributed by atoms with Crippen molar-refractivity contribution in [2.24, 2.45) is 0 Å². The van der Waals surface area contributed by atoms with E-state index in [1.807, 2.05) is 31.2 Å². The molecule has 2 aromatic rings. The fraction of sp³-hybridized carbons (Fsp3) is 0.0833. The van der Waals surface area contributed by atoms with Gasteiger partial charge >= 0.3 is 0 Å². The molecule has 0 aliphatic carbocycles. The number of halogens is 2. The molecule has 1 aromatic carbocycles. The van der Waals surface area contributed by atoms with E-state index in [4.69, 9.17) is 5.11 Å². The van der Waals surface area contributed by atoms with Crippen molar-refractivity contribution in [1.29, 1.82) is 0 Å². The van der Waals surface area contributed by atoms with Crippen molar-refractivity contribution in [2.75, 3.05) is 0 Å². The Kier molecular flexibility index (Phi) is 7.60. The molecule has 0 aliphatic heterocycles. The zero-order chi connectivity index (χ0) is 11.1. The molecule has 0 saturated heterocycles. The van der Waals surface area contributed by atoms with Gasteiger partial charge in [-0.1, -0.05) is 28.1 Å². The first-order valence-electron chi connectivity index (χ1n) is 4.51. The Morgan fingerprint density at radius 2 is 1.69 bits per heavy atom. The molecule has 0 spiro atoms. The summed E-state index contributed by atoms with van der Waals surface area (Å²) in [4.78, 5) is 3.78. The third-order valence-corrected chi connectivity index (χ3v) is 2.66. The van der Waals surface area contributed by atoms with Crippen molar-refractivity contribution in [1.82, 2.24) is 4.98 Å². The van der Waals surface area contributed by atoms with Crippen molar-refractivity contribution in [3.8, 4) is 5.75 Å². The van der Waals surface area contributed by atoms with E-state index >= 15 is 0 Å². The van der Waals surface area contributed by atoms with Gasteiger partial charge in [0.15, 0.2) is 0 Å². The standard InChI is InChI=1S/C7H7BrO.C5H5N.ClH/c1-5-6(8)3-2-4-7(5)9;1-2-4-6-5-3-1;/h2-4,9H,1H3;1-5H;1H. The Bertz CT molecular complexity index is 362. The highest BCUT2D eigenvalue weighted by molar-refractivity contribution is 9.10. The molecular weight excluding hydrogens is 289 g/mol. The third kappa shape index (κ3) is 5.14. The molecule has 86 valence electrons. The molecule has 0 atom stereocenters. The highest BCUT2D eigenvalue weighted by Crippen LogP contribution is 2.23. The van der Waals surface area contributed by atoms with Gasteiger partial charge in [0.1, 0.15) is 5.75 Å². The lowest BCUT2D eigenvalue weighted by Crippen LogP contribution is -1.74. The van der Waals surface area contributed by atoms with Gasteiger partial charge in [0.05, 0.1) is 0 Å². The second-order valence-corrected chi connectivity index (χ2v) is 3.76. The summed E-state index contributed by atoms with van der Waals surface area (Å²) in [6.45, 7) is 1.86. The maximum atomic E-state index is 9.07. The molecule has 0 bridgehead atoms. The van der Waals surface area contributed by atoms with E-state index < -0.39 is 0 Å². The molecular formula is C12H13BrClNO. The number of pyridine rings is 1. The Labute approximate surface area is 110 Å². The van der Waals surface area contributed by atoms with Crippen LogP contribution in [0, 0.1) is 6.92 Å². The fourth-order valence-electron chi connectivity index (χ4n) is 0.909. The number of hydrogen-bond donors (Lipinski definition) is 1. The number of benzene rings is 1. The molecule has 0 radical (unpaired) electrons. The summed E-state index contributed by atoms with van der Waals surface area (Å²) < 4.78 is 0.947. The number of hydrogen-bond acceptors (Lipinski definition) is 2. The van der Waals surface area contributed by atoms with Gasteiger partial charge in [-0.3, -0.25) is 4.98 Å². The van der Waals surface area contributed by atoms with Crippen LogP contribution >= 0.6 is 28.3 Å². The Hall–Kier alpha value is -1.06. The Morgan fingerprint density at radius 3 is 2.00 bits per heavy atom. The van der Waals surface area contributed by atoms with E-state index in [9.17, 15) is 0 Å². The molecule has 4 heteroatoms. The van der Waals surface area contributed by atoms with Crippen molar-refractivity contribution >= 4 is 28.3 Å². The zero-order valence-electron chi connectivity index (χ0n) is 8.80. The SMILES string of the molecule is Cc1c(O)cccc1Br.Cl.c1ccncc1. The highest BCUT2D eigenvalue weighted by atomic mass is 79.9. The first-order chi connectivity index (χ1) is 7.22. The van der Waals surface area contributed by atoms with Crippen LogP contribution in [0.4, 0.5) is 0 Å². The van der Waals surface area contributed by atoms with Gasteiger partial charge in [0.25, 0.3) is 0 Å². The maximum Gasteiger partial charge on any atom is 0.119 e. The lowest BCUT2D eigenvalue weighted by molar-refractivity contribution is 0.470. The minimum absolute atomic E-state index is 0. The van der Waals surface area contributed by atoms with Gasteiger partial charge in [-0.15, -0.1) is 12.4 Å². The summed E-state index contributed by atoms with van der Waals surface area (Å²) in [6, 6.07) is 11.1. The van der Waals surface area contributed by atoms with Crippen LogP contribution in [0.2, 0.25) is 0 Å². The average Bonchev–Trinajstić information content (AvgIpc) is 2.29. The molecule has 0 fully saturated rings. The second kappa shape index (κ2) is 8.13. The van der Waals surface area contributed by atoms with Gasteiger partial charge in [-0.05, 0) is 31.2 Å². The predicted octanol–water partition coefficient (Wildman–Crippen LogP) is 3.97. The van der Waals surface area contributed by atoms with Gasteiger partial charge in [-0.2, -0.15) is 0 Å². The number of aromatic nitrogens is 1. The number of rotatable bonds is 0. The molecule has 0 saturated carbocycles. The third-order valence-electron chi connectivity index (χ3n) is 1.81. The quantitative estimate of drug-likeness (QED) is 0.799. The summed E-state index contributed by atoms with van der Waals surface area (Å²) in [5.41, 5.74) is 0.887. The highest BCUT2D eigenvalue weighted by Gasteiger charge is 1.96. The summed E-state index contributed by atoms with van der Waals surface area (Å²) in [7, 11) is 0. The smallest absolute Gasteiger partial charge is 0.119 e. The van der Waals surface area contributed by atoms with Crippen LogP contribution in [0.5, 0.6) is 5.75 Å². The normalized spacial score (nSPS) is 8.38. The van der Waals surface area contributed by atoms with Crippen molar-refractivity contribution in [3.05, 3.63) is 58.8 Å². The zero-order valence-corrected chi connectivity index (χ0v) is 11.2. The van der Waals surface area contributed by atoms with Crippen molar-refractivity contribution in [3.63, 3.8) is 0 Å². The largest absolute Gasteiger partial charge is 0.508 e. The topological polar surface area (TPSA) is 33.1 Å². The van der Waals surface area contributed by atoms with Crippen LogP contribution in [-0.4, -0.2) is 10.1 Å². The number of phenolic OH excluding ortho intramolecular Hbond substituents is 1. The van der Waals surface area contributed by atoms with Crippen molar-refractivity contribution in [2.45, 2.75) is 6.92 Å². The first kappa shape index (κ1) is 14.9. The van der Waals surface area contributed by atoms with Gasteiger partial charge in [-0.25, -0.2) is 0 Å². The maximum absolute atomic E-state index is 9.07. The first-order valence-corrected chi connectivity index (χ1v) is 5.30. The van der Waals surface area contributed by atoms with Crippen LogP contribution in [0.1, 0.15) is 5.56 Å². The molecule has 0 aliphatic rings. The number of phenols is 1. The number of aromatic hydroxyl groups is 1.